The van der Waals surface area contributed by atoms with E-state index in [0.717, 1.165) is 22.3 Å². The van der Waals surface area contributed by atoms with Crippen LogP contribution in [0.15, 0.2) is 41.0 Å². The zero-order chi connectivity index (χ0) is 14.0. The standard InChI is InChI=1S/C13H9BrF3NO/c1-8-6-10(14)3-4-11(8)19-12-5-2-9(7-18-12)13(15,16)17/h2-7H,1H3. The molecule has 1 aromatic heterocycles. The zero-order valence-corrected chi connectivity index (χ0v) is 11.4. The molecule has 0 N–H and O–H groups in total. The van der Waals surface area contributed by atoms with Crippen LogP contribution in [0.25, 0.3) is 0 Å². The van der Waals surface area contributed by atoms with E-state index in [0.29, 0.717) is 5.75 Å². The van der Waals surface area contributed by atoms with Crippen molar-refractivity contribution in [2.45, 2.75) is 13.1 Å². The van der Waals surface area contributed by atoms with Crippen molar-refractivity contribution in [3.05, 3.63) is 52.1 Å². The third kappa shape index (κ3) is 3.47. The molecule has 0 fully saturated rings. The lowest BCUT2D eigenvalue weighted by atomic mass is 10.2. The maximum absolute atomic E-state index is 12.4. The van der Waals surface area contributed by atoms with E-state index >= 15 is 0 Å². The highest BCUT2D eigenvalue weighted by Crippen LogP contribution is 2.31. The maximum Gasteiger partial charge on any atom is 0.417 e. The Morgan fingerprint density at radius 2 is 1.89 bits per heavy atom. The Bertz CT molecular complexity index is 581. The van der Waals surface area contributed by atoms with Gasteiger partial charge in [-0.2, -0.15) is 13.2 Å². The first kappa shape index (κ1) is 13.9. The van der Waals surface area contributed by atoms with E-state index in [9.17, 15) is 13.2 Å². The fraction of sp³-hybridized carbons (Fsp3) is 0.154. The Morgan fingerprint density at radius 3 is 2.42 bits per heavy atom. The Morgan fingerprint density at radius 1 is 1.16 bits per heavy atom. The number of hydrogen-bond acceptors (Lipinski definition) is 2. The van der Waals surface area contributed by atoms with Crippen LogP contribution in [-0.2, 0) is 6.18 Å². The van der Waals surface area contributed by atoms with Crippen LogP contribution in [0.2, 0.25) is 0 Å². The molecular formula is C13H9BrF3NO. The van der Waals surface area contributed by atoms with E-state index in [2.05, 4.69) is 20.9 Å². The molecule has 0 bridgehead atoms. The predicted molar refractivity (Wildman–Crippen MR) is 68.2 cm³/mol. The molecule has 0 spiro atoms. The first-order valence-electron chi connectivity index (χ1n) is 5.33. The molecule has 1 heterocycles. The van der Waals surface area contributed by atoms with Crippen LogP contribution in [-0.4, -0.2) is 4.98 Å². The number of ether oxygens (including phenoxy) is 1. The lowest BCUT2D eigenvalue weighted by molar-refractivity contribution is -0.137. The van der Waals surface area contributed by atoms with Crippen LogP contribution in [0.5, 0.6) is 11.6 Å². The quantitative estimate of drug-likeness (QED) is 0.775. The van der Waals surface area contributed by atoms with Gasteiger partial charge >= 0.3 is 6.18 Å². The van der Waals surface area contributed by atoms with Gasteiger partial charge in [0.2, 0.25) is 5.88 Å². The Kier molecular flexibility index (Phi) is 3.80. The fourth-order valence-corrected chi connectivity index (χ4v) is 1.92. The van der Waals surface area contributed by atoms with Gasteiger partial charge in [-0.3, -0.25) is 0 Å². The summed E-state index contributed by atoms with van der Waals surface area (Å²) in [6.45, 7) is 1.84. The molecule has 0 aliphatic heterocycles. The molecule has 0 aliphatic carbocycles. The van der Waals surface area contributed by atoms with Crippen molar-refractivity contribution in [3.8, 4) is 11.6 Å². The predicted octanol–water partition coefficient (Wildman–Crippen LogP) is 4.96. The lowest BCUT2D eigenvalue weighted by Crippen LogP contribution is -2.05. The number of nitrogens with zero attached hydrogens (tertiary/aromatic N) is 1. The summed E-state index contributed by atoms with van der Waals surface area (Å²) in [7, 11) is 0. The second kappa shape index (κ2) is 5.21. The van der Waals surface area contributed by atoms with Gasteiger partial charge in [-0.1, -0.05) is 15.9 Å². The Labute approximate surface area is 116 Å². The molecule has 0 saturated heterocycles. The topological polar surface area (TPSA) is 22.1 Å². The molecule has 2 rings (SSSR count). The van der Waals surface area contributed by atoms with Crippen molar-refractivity contribution < 1.29 is 17.9 Å². The SMILES string of the molecule is Cc1cc(Br)ccc1Oc1ccc(C(F)(F)F)cn1. The summed E-state index contributed by atoms with van der Waals surface area (Å²) < 4.78 is 43.4. The van der Waals surface area contributed by atoms with Gasteiger partial charge in [0.05, 0.1) is 5.56 Å². The number of rotatable bonds is 2. The Balaban J connectivity index is 2.20. The molecule has 0 aliphatic rings. The first-order valence-corrected chi connectivity index (χ1v) is 6.13. The van der Waals surface area contributed by atoms with Crippen molar-refractivity contribution >= 4 is 15.9 Å². The van der Waals surface area contributed by atoms with Crippen LogP contribution in [0, 0.1) is 6.92 Å². The van der Waals surface area contributed by atoms with Crippen molar-refractivity contribution in [3.63, 3.8) is 0 Å². The average Bonchev–Trinajstić information content (AvgIpc) is 2.32. The molecule has 6 heteroatoms. The summed E-state index contributed by atoms with van der Waals surface area (Å²) >= 11 is 3.32. The van der Waals surface area contributed by atoms with Crippen LogP contribution in [0.1, 0.15) is 11.1 Å². The zero-order valence-electron chi connectivity index (χ0n) is 9.83. The highest BCUT2D eigenvalue weighted by molar-refractivity contribution is 9.10. The minimum absolute atomic E-state index is 0.124. The van der Waals surface area contributed by atoms with E-state index in [1.807, 2.05) is 13.0 Å². The van der Waals surface area contributed by atoms with Gasteiger partial charge < -0.3 is 4.74 Å². The number of pyridine rings is 1. The normalized spacial score (nSPS) is 11.4. The molecule has 0 saturated carbocycles. The number of halogens is 4. The molecular weight excluding hydrogens is 323 g/mol. The van der Waals surface area contributed by atoms with Gasteiger partial charge in [0.1, 0.15) is 5.75 Å². The summed E-state index contributed by atoms with van der Waals surface area (Å²) in [5.74, 6) is 0.675. The summed E-state index contributed by atoms with van der Waals surface area (Å²) in [5.41, 5.74) is 0.0588. The van der Waals surface area contributed by atoms with Crippen LogP contribution < -0.4 is 4.74 Å². The fourth-order valence-electron chi connectivity index (χ4n) is 1.45. The van der Waals surface area contributed by atoms with Crippen molar-refractivity contribution in [2.75, 3.05) is 0 Å². The second-order valence-corrected chi connectivity index (χ2v) is 4.81. The largest absolute Gasteiger partial charge is 0.439 e. The Hall–Kier alpha value is -1.56. The van der Waals surface area contributed by atoms with Gasteiger partial charge in [-0.15, -0.1) is 0 Å². The molecule has 0 radical (unpaired) electrons. The maximum atomic E-state index is 12.4. The molecule has 2 nitrogen and oxygen atoms in total. The summed E-state index contributed by atoms with van der Waals surface area (Å²) in [5, 5.41) is 0. The van der Waals surface area contributed by atoms with Gasteiger partial charge in [0, 0.05) is 16.7 Å². The van der Waals surface area contributed by atoms with E-state index in [1.54, 1.807) is 12.1 Å². The summed E-state index contributed by atoms with van der Waals surface area (Å²) in [6, 6.07) is 7.49. The lowest BCUT2D eigenvalue weighted by Gasteiger charge is -2.09. The summed E-state index contributed by atoms with van der Waals surface area (Å²) in [6.07, 6.45) is -3.64. The van der Waals surface area contributed by atoms with Crippen LogP contribution in [0.3, 0.4) is 0 Å². The van der Waals surface area contributed by atoms with Crippen molar-refractivity contribution in [2.24, 2.45) is 0 Å². The number of benzene rings is 1. The first-order chi connectivity index (χ1) is 8.86. The van der Waals surface area contributed by atoms with Gasteiger partial charge in [0.25, 0.3) is 0 Å². The van der Waals surface area contributed by atoms with E-state index in [1.165, 1.54) is 6.07 Å². The minimum atomic E-state index is -4.39. The molecule has 0 amide bonds. The molecule has 1 aromatic carbocycles. The minimum Gasteiger partial charge on any atom is -0.439 e. The second-order valence-electron chi connectivity index (χ2n) is 3.89. The van der Waals surface area contributed by atoms with Crippen LogP contribution >= 0.6 is 15.9 Å². The van der Waals surface area contributed by atoms with E-state index in [-0.39, 0.29) is 5.88 Å². The smallest absolute Gasteiger partial charge is 0.417 e. The monoisotopic (exact) mass is 331 g/mol. The van der Waals surface area contributed by atoms with E-state index < -0.39 is 11.7 Å². The number of hydrogen-bond donors (Lipinski definition) is 0. The van der Waals surface area contributed by atoms with Crippen LogP contribution in [0.4, 0.5) is 13.2 Å². The number of aromatic nitrogens is 1. The molecule has 100 valence electrons. The number of aryl methyl sites for hydroxylation is 1. The number of alkyl halides is 3. The highest BCUT2D eigenvalue weighted by Gasteiger charge is 2.30. The third-order valence-electron chi connectivity index (χ3n) is 2.42. The molecule has 0 unspecified atom stereocenters. The average molecular weight is 332 g/mol. The van der Waals surface area contributed by atoms with Crippen molar-refractivity contribution in [1.29, 1.82) is 0 Å². The highest BCUT2D eigenvalue weighted by atomic mass is 79.9. The molecule has 19 heavy (non-hydrogen) atoms. The van der Waals surface area contributed by atoms with Gasteiger partial charge in [-0.05, 0) is 36.8 Å². The van der Waals surface area contributed by atoms with Gasteiger partial charge in [-0.25, -0.2) is 4.98 Å². The van der Waals surface area contributed by atoms with Crippen molar-refractivity contribution in [1.82, 2.24) is 4.98 Å². The van der Waals surface area contributed by atoms with Gasteiger partial charge in [0.15, 0.2) is 0 Å². The molecule has 0 atom stereocenters. The van der Waals surface area contributed by atoms with E-state index in [4.69, 9.17) is 4.74 Å². The third-order valence-corrected chi connectivity index (χ3v) is 2.91. The molecule has 2 aromatic rings. The summed E-state index contributed by atoms with van der Waals surface area (Å²) in [4.78, 5) is 3.65.